The zero-order valence-electron chi connectivity index (χ0n) is 10.5. The van der Waals surface area contributed by atoms with Crippen molar-refractivity contribution in [2.24, 2.45) is 0 Å². The lowest BCUT2D eigenvalue weighted by molar-refractivity contribution is -0.119. The lowest BCUT2D eigenvalue weighted by atomic mass is 9.84. The molecule has 2 rings (SSSR count). The molecule has 1 aromatic rings. The van der Waals surface area contributed by atoms with E-state index >= 15 is 0 Å². The van der Waals surface area contributed by atoms with Crippen LogP contribution in [0.3, 0.4) is 0 Å². The van der Waals surface area contributed by atoms with E-state index in [1.807, 2.05) is 0 Å². The minimum atomic E-state index is 0.0290. The van der Waals surface area contributed by atoms with E-state index in [0.29, 0.717) is 6.54 Å². The number of amides is 1. The molecule has 0 bridgehead atoms. The molecule has 0 atom stereocenters. The minimum absolute atomic E-state index is 0.0290. The first kappa shape index (κ1) is 12.2. The Morgan fingerprint density at radius 3 is 2.41 bits per heavy atom. The molecule has 92 valence electrons. The van der Waals surface area contributed by atoms with Gasteiger partial charge in [-0.3, -0.25) is 4.79 Å². The molecule has 1 fully saturated rings. The monoisotopic (exact) mass is 231 g/mol. The van der Waals surface area contributed by atoms with Crippen LogP contribution in [0.2, 0.25) is 0 Å². The molecule has 1 aromatic carbocycles. The highest BCUT2D eigenvalue weighted by Gasteiger charge is 2.14. The van der Waals surface area contributed by atoms with Crippen LogP contribution in [0.1, 0.15) is 56.1 Å². The van der Waals surface area contributed by atoms with Crippen LogP contribution in [0.4, 0.5) is 0 Å². The molecule has 1 N–H and O–H groups in total. The molecule has 1 amide bonds. The Kier molecular flexibility index (Phi) is 4.18. The Balaban J connectivity index is 1.94. The summed E-state index contributed by atoms with van der Waals surface area (Å²) < 4.78 is 0. The molecular formula is C15H21NO. The van der Waals surface area contributed by atoms with Gasteiger partial charge < -0.3 is 5.32 Å². The van der Waals surface area contributed by atoms with Gasteiger partial charge in [0.05, 0.1) is 0 Å². The van der Waals surface area contributed by atoms with E-state index in [1.165, 1.54) is 43.2 Å². The van der Waals surface area contributed by atoms with Crippen molar-refractivity contribution in [3.63, 3.8) is 0 Å². The highest BCUT2D eigenvalue weighted by atomic mass is 16.1. The van der Waals surface area contributed by atoms with Crippen molar-refractivity contribution in [3.8, 4) is 0 Å². The number of benzene rings is 1. The molecule has 0 spiro atoms. The summed E-state index contributed by atoms with van der Waals surface area (Å²) in [7, 11) is 0. The SMILES string of the molecule is CC(=O)NCc1ccc(C2CCCCC2)cc1. The first-order valence-corrected chi connectivity index (χ1v) is 6.59. The zero-order valence-corrected chi connectivity index (χ0v) is 10.5. The van der Waals surface area contributed by atoms with E-state index in [2.05, 4.69) is 29.6 Å². The quantitative estimate of drug-likeness (QED) is 0.849. The highest BCUT2D eigenvalue weighted by molar-refractivity contribution is 5.72. The first-order chi connectivity index (χ1) is 8.25. The largest absolute Gasteiger partial charge is 0.352 e. The number of carbonyl (C=O) groups is 1. The first-order valence-electron chi connectivity index (χ1n) is 6.59. The molecule has 0 heterocycles. The van der Waals surface area contributed by atoms with E-state index in [4.69, 9.17) is 0 Å². The maximum atomic E-state index is 10.8. The van der Waals surface area contributed by atoms with Crippen molar-refractivity contribution in [1.29, 1.82) is 0 Å². The third kappa shape index (κ3) is 3.58. The van der Waals surface area contributed by atoms with Crippen molar-refractivity contribution in [3.05, 3.63) is 35.4 Å². The average Bonchev–Trinajstić information content (AvgIpc) is 2.38. The van der Waals surface area contributed by atoms with Gasteiger partial charge in [0, 0.05) is 13.5 Å². The molecule has 0 unspecified atom stereocenters. The van der Waals surface area contributed by atoms with Gasteiger partial charge >= 0.3 is 0 Å². The maximum absolute atomic E-state index is 10.8. The van der Waals surface area contributed by atoms with Crippen LogP contribution in [0.25, 0.3) is 0 Å². The van der Waals surface area contributed by atoms with Crippen molar-refractivity contribution in [2.75, 3.05) is 0 Å². The minimum Gasteiger partial charge on any atom is -0.352 e. The van der Waals surface area contributed by atoms with Crippen LogP contribution in [0.15, 0.2) is 24.3 Å². The molecule has 0 radical (unpaired) electrons. The summed E-state index contributed by atoms with van der Waals surface area (Å²) in [6, 6.07) is 8.74. The van der Waals surface area contributed by atoms with Gasteiger partial charge in [-0.2, -0.15) is 0 Å². The van der Waals surface area contributed by atoms with Gasteiger partial charge in [0.1, 0.15) is 0 Å². The van der Waals surface area contributed by atoms with Crippen molar-refractivity contribution in [1.82, 2.24) is 5.32 Å². The summed E-state index contributed by atoms with van der Waals surface area (Å²) in [5.41, 5.74) is 2.65. The van der Waals surface area contributed by atoms with Gasteiger partial charge in [-0.25, -0.2) is 0 Å². The van der Waals surface area contributed by atoms with Crippen LogP contribution in [0.5, 0.6) is 0 Å². The third-order valence-corrected chi connectivity index (χ3v) is 3.60. The van der Waals surface area contributed by atoms with E-state index in [0.717, 1.165) is 5.92 Å². The van der Waals surface area contributed by atoms with Gasteiger partial charge in [-0.05, 0) is 29.9 Å². The van der Waals surface area contributed by atoms with E-state index in [9.17, 15) is 4.79 Å². The molecule has 1 aliphatic carbocycles. The van der Waals surface area contributed by atoms with E-state index < -0.39 is 0 Å². The summed E-state index contributed by atoms with van der Waals surface area (Å²) >= 11 is 0. The Labute approximate surface area is 103 Å². The normalized spacial score (nSPS) is 16.8. The Morgan fingerprint density at radius 2 is 1.82 bits per heavy atom. The Bertz CT molecular complexity index is 363. The van der Waals surface area contributed by atoms with Crippen LogP contribution in [0, 0.1) is 0 Å². The van der Waals surface area contributed by atoms with Gasteiger partial charge in [0.2, 0.25) is 5.91 Å². The number of carbonyl (C=O) groups excluding carboxylic acids is 1. The van der Waals surface area contributed by atoms with E-state index in [1.54, 1.807) is 6.92 Å². The third-order valence-electron chi connectivity index (χ3n) is 3.60. The highest BCUT2D eigenvalue weighted by Crippen LogP contribution is 2.32. The van der Waals surface area contributed by atoms with Crippen molar-refractivity contribution in [2.45, 2.75) is 51.5 Å². The summed E-state index contributed by atoms with van der Waals surface area (Å²) in [5.74, 6) is 0.792. The standard InChI is InChI=1S/C15H21NO/c1-12(17)16-11-13-7-9-15(10-8-13)14-5-3-2-4-6-14/h7-10,14H,2-6,11H2,1H3,(H,16,17). The molecule has 1 aliphatic rings. The fourth-order valence-corrected chi connectivity index (χ4v) is 2.57. The fraction of sp³-hybridized carbons (Fsp3) is 0.533. The molecule has 1 saturated carbocycles. The van der Waals surface area contributed by atoms with Gasteiger partial charge in [0.15, 0.2) is 0 Å². The van der Waals surface area contributed by atoms with Crippen molar-refractivity contribution >= 4 is 5.91 Å². The lowest BCUT2D eigenvalue weighted by Gasteiger charge is -2.22. The van der Waals surface area contributed by atoms with Gasteiger partial charge in [-0.15, -0.1) is 0 Å². The molecular weight excluding hydrogens is 210 g/mol. The Hall–Kier alpha value is -1.31. The van der Waals surface area contributed by atoms with Crippen LogP contribution < -0.4 is 5.32 Å². The van der Waals surface area contributed by atoms with Crippen LogP contribution in [-0.2, 0) is 11.3 Å². The summed E-state index contributed by atoms with van der Waals surface area (Å²) in [4.78, 5) is 10.8. The van der Waals surface area contributed by atoms with Crippen molar-refractivity contribution < 1.29 is 4.79 Å². The second kappa shape index (κ2) is 5.85. The predicted octanol–water partition coefficient (Wildman–Crippen LogP) is 3.37. The Morgan fingerprint density at radius 1 is 1.18 bits per heavy atom. The number of hydrogen-bond donors (Lipinski definition) is 1. The zero-order chi connectivity index (χ0) is 12.1. The fourth-order valence-electron chi connectivity index (χ4n) is 2.57. The summed E-state index contributed by atoms with van der Waals surface area (Å²) in [6.07, 6.45) is 6.82. The number of rotatable bonds is 3. The van der Waals surface area contributed by atoms with Crippen LogP contribution in [-0.4, -0.2) is 5.91 Å². The number of hydrogen-bond acceptors (Lipinski definition) is 1. The molecule has 0 aliphatic heterocycles. The summed E-state index contributed by atoms with van der Waals surface area (Å²) in [5, 5.41) is 2.82. The smallest absolute Gasteiger partial charge is 0.217 e. The molecule has 2 nitrogen and oxygen atoms in total. The molecule has 2 heteroatoms. The number of nitrogens with one attached hydrogen (secondary N) is 1. The maximum Gasteiger partial charge on any atom is 0.217 e. The lowest BCUT2D eigenvalue weighted by Crippen LogP contribution is -2.18. The topological polar surface area (TPSA) is 29.1 Å². The van der Waals surface area contributed by atoms with Gasteiger partial charge in [0.25, 0.3) is 0 Å². The predicted molar refractivity (Wildman–Crippen MR) is 69.8 cm³/mol. The van der Waals surface area contributed by atoms with Crippen LogP contribution >= 0.6 is 0 Å². The van der Waals surface area contributed by atoms with Gasteiger partial charge in [-0.1, -0.05) is 43.5 Å². The molecule has 0 saturated heterocycles. The summed E-state index contributed by atoms with van der Waals surface area (Å²) in [6.45, 7) is 2.19. The average molecular weight is 231 g/mol. The molecule has 17 heavy (non-hydrogen) atoms. The second-order valence-corrected chi connectivity index (χ2v) is 4.99. The second-order valence-electron chi connectivity index (χ2n) is 4.99. The molecule has 0 aromatic heterocycles. The van der Waals surface area contributed by atoms with E-state index in [-0.39, 0.29) is 5.91 Å².